The Bertz CT molecular complexity index is 1070. The summed E-state index contributed by atoms with van der Waals surface area (Å²) < 4.78 is 0. The normalized spacial score (nSPS) is 16.0. The van der Waals surface area contributed by atoms with E-state index >= 15 is 0 Å². The summed E-state index contributed by atoms with van der Waals surface area (Å²) in [6.45, 7) is 8.30. The van der Waals surface area contributed by atoms with Gasteiger partial charge in [-0.3, -0.25) is 9.78 Å². The van der Waals surface area contributed by atoms with Gasteiger partial charge in [-0.2, -0.15) is 0 Å². The van der Waals surface area contributed by atoms with Crippen LogP contribution in [0.3, 0.4) is 0 Å². The van der Waals surface area contributed by atoms with Crippen molar-refractivity contribution >= 4 is 28.4 Å². The van der Waals surface area contributed by atoms with Crippen LogP contribution in [0.15, 0.2) is 89.6 Å². The Balaban J connectivity index is 1.76. The van der Waals surface area contributed by atoms with Gasteiger partial charge in [0, 0.05) is 35.2 Å². The van der Waals surface area contributed by atoms with Crippen molar-refractivity contribution in [2.45, 2.75) is 26.7 Å². The highest BCUT2D eigenvalue weighted by atomic mass is 35.5. The fourth-order valence-electron chi connectivity index (χ4n) is 3.24. The number of carbonyl (C=O) groups is 1. The van der Waals surface area contributed by atoms with Crippen LogP contribution in [0.4, 0.5) is 0 Å². The van der Waals surface area contributed by atoms with Gasteiger partial charge in [0.05, 0.1) is 17.2 Å². The minimum absolute atomic E-state index is 0.124. The quantitative estimate of drug-likeness (QED) is 0.252. The molecule has 0 fully saturated rings. The zero-order chi connectivity index (χ0) is 21.5. The molecule has 30 heavy (non-hydrogen) atoms. The summed E-state index contributed by atoms with van der Waals surface area (Å²) in [5.74, 6) is 0.201. The van der Waals surface area contributed by atoms with E-state index < -0.39 is 0 Å². The molecular formula is C24H25ClN4O. The number of imidazole rings is 1. The number of pyridine rings is 1. The number of hydrogen-bond acceptors (Lipinski definition) is 4. The van der Waals surface area contributed by atoms with Crippen molar-refractivity contribution in [1.29, 1.82) is 0 Å². The Morgan fingerprint density at radius 3 is 2.93 bits per heavy atom. The van der Waals surface area contributed by atoms with Gasteiger partial charge in [-0.15, -0.1) is 0 Å². The average Bonchev–Trinajstić information content (AvgIpc) is 3.19. The zero-order valence-corrected chi connectivity index (χ0v) is 18.0. The summed E-state index contributed by atoms with van der Waals surface area (Å²) in [6.07, 6.45) is 18.8. The third kappa shape index (κ3) is 5.24. The van der Waals surface area contributed by atoms with E-state index in [9.17, 15) is 4.79 Å². The maximum Gasteiger partial charge on any atom is 0.226 e. The van der Waals surface area contributed by atoms with Crippen LogP contribution in [0.1, 0.15) is 37.3 Å². The van der Waals surface area contributed by atoms with Crippen LogP contribution in [0.5, 0.6) is 0 Å². The molecule has 0 unspecified atom stereocenters. The number of rotatable bonds is 8. The third-order valence-electron chi connectivity index (χ3n) is 4.92. The van der Waals surface area contributed by atoms with E-state index in [2.05, 4.69) is 32.5 Å². The van der Waals surface area contributed by atoms with Crippen LogP contribution in [0.2, 0.25) is 0 Å². The van der Waals surface area contributed by atoms with Gasteiger partial charge in [-0.1, -0.05) is 42.0 Å². The molecule has 1 N–H and O–H groups in total. The first kappa shape index (κ1) is 21.5. The summed E-state index contributed by atoms with van der Waals surface area (Å²) in [6, 6.07) is 1.78. The molecule has 0 saturated heterocycles. The fraction of sp³-hybridized carbons (Fsp3) is 0.208. The number of aromatic amines is 1. The van der Waals surface area contributed by atoms with Crippen molar-refractivity contribution in [3.8, 4) is 0 Å². The Kier molecular flexibility index (Phi) is 7.20. The lowest BCUT2D eigenvalue weighted by Crippen LogP contribution is -2.22. The minimum Gasteiger partial charge on any atom is -0.347 e. The molecule has 2 aromatic heterocycles. The molecule has 0 aliphatic carbocycles. The topological polar surface area (TPSA) is 61.9 Å². The zero-order valence-electron chi connectivity index (χ0n) is 17.2. The van der Waals surface area contributed by atoms with E-state index in [1.807, 2.05) is 50.4 Å². The van der Waals surface area contributed by atoms with Gasteiger partial charge >= 0.3 is 0 Å². The molecular weight excluding hydrogens is 396 g/mol. The standard InChI is InChI=1S/C24H25ClN4O/c1-4-19(9-7-8-17(2)25)12-15-29-14-6-5-10-22(29)18(3)23(30)24-27-20-11-13-26-16-21(20)28-24/h4-8,10-11,13-14,16H,2,9,12,15H2,1,3H3,(H,27,28)/b8-7-,19-4+,22-18+. The van der Waals surface area contributed by atoms with Crippen LogP contribution in [0.25, 0.3) is 11.0 Å². The number of halogens is 1. The van der Waals surface area contributed by atoms with Gasteiger partial charge in [0.25, 0.3) is 0 Å². The maximum atomic E-state index is 13.1. The second-order valence-corrected chi connectivity index (χ2v) is 7.45. The van der Waals surface area contributed by atoms with Crippen LogP contribution >= 0.6 is 11.6 Å². The second-order valence-electron chi connectivity index (χ2n) is 6.96. The number of nitrogens with one attached hydrogen (secondary N) is 1. The molecule has 3 heterocycles. The molecule has 0 aromatic carbocycles. The smallest absolute Gasteiger partial charge is 0.226 e. The summed E-state index contributed by atoms with van der Waals surface area (Å²) in [5, 5.41) is 0.523. The van der Waals surface area contributed by atoms with Crippen LogP contribution in [-0.2, 0) is 0 Å². The van der Waals surface area contributed by atoms with Crippen molar-refractivity contribution < 1.29 is 4.79 Å². The number of fused-ring (bicyclic) bond motifs is 1. The van der Waals surface area contributed by atoms with Gasteiger partial charge in [0.1, 0.15) is 0 Å². The molecule has 0 bridgehead atoms. The molecule has 0 spiro atoms. The molecule has 1 aliphatic heterocycles. The number of H-pyrrole nitrogens is 1. The molecule has 3 rings (SSSR count). The first-order valence-corrected chi connectivity index (χ1v) is 10.2. The van der Waals surface area contributed by atoms with Gasteiger partial charge in [-0.05, 0) is 51.0 Å². The van der Waals surface area contributed by atoms with Crippen LogP contribution < -0.4 is 0 Å². The highest BCUT2D eigenvalue weighted by molar-refractivity contribution is 6.30. The predicted octanol–water partition coefficient (Wildman–Crippen LogP) is 5.84. The van der Waals surface area contributed by atoms with E-state index in [1.54, 1.807) is 18.5 Å². The number of aromatic nitrogens is 3. The molecule has 6 heteroatoms. The average molecular weight is 421 g/mol. The Labute approximate surface area is 181 Å². The van der Waals surface area contributed by atoms with Gasteiger partial charge < -0.3 is 9.88 Å². The summed E-state index contributed by atoms with van der Waals surface area (Å²) in [7, 11) is 0. The maximum absolute atomic E-state index is 13.1. The summed E-state index contributed by atoms with van der Waals surface area (Å²) in [4.78, 5) is 26.7. The van der Waals surface area contributed by atoms with Crippen LogP contribution in [-0.4, -0.2) is 32.2 Å². The number of Topliss-reactive ketones (excluding diaryl/α,β-unsaturated/α-hetero) is 1. The monoisotopic (exact) mass is 420 g/mol. The highest BCUT2D eigenvalue weighted by Gasteiger charge is 2.19. The lowest BCUT2D eigenvalue weighted by molar-refractivity contribution is 0.102. The van der Waals surface area contributed by atoms with Crippen LogP contribution in [0, 0.1) is 0 Å². The van der Waals surface area contributed by atoms with E-state index in [4.69, 9.17) is 11.6 Å². The van der Waals surface area contributed by atoms with E-state index in [1.165, 1.54) is 5.57 Å². The molecule has 154 valence electrons. The molecule has 5 nitrogen and oxygen atoms in total. The first-order chi connectivity index (χ1) is 14.5. The number of ketones is 1. The predicted molar refractivity (Wildman–Crippen MR) is 123 cm³/mol. The fourth-order valence-corrected chi connectivity index (χ4v) is 3.33. The molecule has 0 radical (unpaired) electrons. The van der Waals surface area contributed by atoms with Gasteiger partial charge in [-0.25, -0.2) is 4.98 Å². The van der Waals surface area contributed by atoms with Crippen molar-refractivity contribution in [3.63, 3.8) is 0 Å². The Hall–Kier alpha value is -3.18. The largest absolute Gasteiger partial charge is 0.347 e. The highest BCUT2D eigenvalue weighted by Crippen LogP contribution is 2.22. The van der Waals surface area contributed by atoms with E-state index in [0.29, 0.717) is 16.4 Å². The van der Waals surface area contributed by atoms with E-state index in [-0.39, 0.29) is 5.78 Å². The number of carbonyl (C=O) groups excluding carboxylic acids is 1. The molecule has 0 saturated carbocycles. The third-order valence-corrected chi connectivity index (χ3v) is 5.05. The molecule has 0 amide bonds. The number of nitrogens with zero attached hydrogens (tertiary/aromatic N) is 3. The molecule has 2 aromatic rings. The summed E-state index contributed by atoms with van der Waals surface area (Å²) in [5.41, 5.74) is 4.29. The number of allylic oxidation sites excluding steroid dienone is 8. The minimum atomic E-state index is -0.124. The Morgan fingerprint density at radius 2 is 2.20 bits per heavy atom. The van der Waals surface area contributed by atoms with E-state index in [0.717, 1.165) is 36.1 Å². The summed E-state index contributed by atoms with van der Waals surface area (Å²) >= 11 is 5.79. The lowest BCUT2D eigenvalue weighted by atomic mass is 10.0. The lowest BCUT2D eigenvalue weighted by Gasteiger charge is -2.26. The molecule has 0 atom stereocenters. The van der Waals surface area contributed by atoms with Crippen molar-refractivity contribution in [2.24, 2.45) is 0 Å². The SMILES string of the molecule is C=C(Cl)/C=C\C/C(=C\C)CCN1C=CC=C/C1=C(/C)C(=O)c1nc2ccncc2[nH]1. The second kappa shape index (κ2) is 10.0. The van der Waals surface area contributed by atoms with Crippen molar-refractivity contribution in [2.75, 3.05) is 6.54 Å². The van der Waals surface area contributed by atoms with Gasteiger partial charge in [0.15, 0.2) is 5.82 Å². The molecule has 1 aliphatic rings. The first-order valence-electron chi connectivity index (χ1n) is 9.81. The Morgan fingerprint density at radius 1 is 1.37 bits per heavy atom. The van der Waals surface area contributed by atoms with Crippen molar-refractivity contribution in [1.82, 2.24) is 19.9 Å². The van der Waals surface area contributed by atoms with Gasteiger partial charge in [0.2, 0.25) is 5.78 Å². The number of hydrogen-bond donors (Lipinski definition) is 1. The van der Waals surface area contributed by atoms with Crippen molar-refractivity contribution in [3.05, 3.63) is 95.4 Å².